The van der Waals surface area contributed by atoms with E-state index in [1.54, 1.807) is 0 Å². The molecule has 114 valence electrons. The van der Waals surface area contributed by atoms with Crippen molar-refractivity contribution in [2.45, 2.75) is 17.9 Å². The molecule has 0 saturated heterocycles. The fourth-order valence-electron chi connectivity index (χ4n) is 1.67. The molecule has 0 spiro atoms. The van der Waals surface area contributed by atoms with Gasteiger partial charge < -0.3 is 9.67 Å². The van der Waals surface area contributed by atoms with Gasteiger partial charge in [-0.25, -0.2) is 9.37 Å². The fraction of sp³-hybridized carbons (Fsp3) is 0.273. The Kier molecular flexibility index (Phi) is 4.47. The van der Waals surface area contributed by atoms with Crippen molar-refractivity contribution in [3.8, 4) is 0 Å². The van der Waals surface area contributed by atoms with E-state index < -0.39 is 30.3 Å². The first-order valence-electron chi connectivity index (χ1n) is 5.44. The topological polar surface area (TPSA) is 55.1 Å². The van der Waals surface area contributed by atoms with Gasteiger partial charge in [-0.1, -0.05) is 11.8 Å². The van der Waals surface area contributed by atoms with Gasteiger partial charge in [0.2, 0.25) is 0 Å². The van der Waals surface area contributed by atoms with Crippen molar-refractivity contribution in [3.05, 3.63) is 22.4 Å². The number of aliphatic carboxylic acids is 1. The summed E-state index contributed by atoms with van der Waals surface area (Å²) in [6, 6.07) is 2.19. The molecule has 0 aliphatic rings. The van der Waals surface area contributed by atoms with Gasteiger partial charge >= 0.3 is 12.1 Å². The third-order valence-corrected chi connectivity index (χ3v) is 3.99. The van der Waals surface area contributed by atoms with E-state index in [-0.39, 0.29) is 20.7 Å². The number of thioether (sulfide) groups is 1. The van der Waals surface area contributed by atoms with Crippen LogP contribution in [-0.2, 0) is 11.3 Å². The molecule has 1 aromatic heterocycles. The van der Waals surface area contributed by atoms with Crippen LogP contribution in [0, 0.1) is 5.82 Å². The zero-order valence-corrected chi connectivity index (χ0v) is 12.5. The molecule has 0 unspecified atom stereocenters. The molecule has 10 heteroatoms. The largest absolute Gasteiger partial charge is 0.481 e. The second-order valence-electron chi connectivity index (χ2n) is 4.03. The van der Waals surface area contributed by atoms with Gasteiger partial charge in [-0.15, -0.1) is 0 Å². The first kappa shape index (κ1) is 16.1. The number of imidazole rings is 1. The van der Waals surface area contributed by atoms with E-state index in [9.17, 15) is 22.4 Å². The smallest absolute Gasteiger partial charge is 0.406 e. The molecule has 0 aliphatic carbocycles. The molecule has 0 fully saturated rings. The van der Waals surface area contributed by atoms with Crippen LogP contribution in [0.25, 0.3) is 11.0 Å². The molecule has 0 aliphatic heterocycles. The monoisotopic (exact) mass is 386 g/mol. The molecule has 0 bridgehead atoms. The molecule has 2 rings (SSSR count). The van der Waals surface area contributed by atoms with E-state index in [1.807, 2.05) is 0 Å². The van der Waals surface area contributed by atoms with Crippen LogP contribution in [0.2, 0.25) is 0 Å². The van der Waals surface area contributed by atoms with Crippen molar-refractivity contribution in [1.29, 1.82) is 0 Å². The van der Waals surface area contributed by atoms with Gasteiger partial charge in [0.25, 0.3) is 0 Å². The Morgan fingerprint density at radius 3 is 2.67 bits per heavy atom. The maximum atomic E-state index is 13.5. The lowest BCUT2D eigenvalue weighted by atomic mass is 10.3. The van der Waals surface area contributed by atoms with E-state index in [1.165, 1.54) is 6.07 Å². The predicted octanol–water partition coefficient (Wildman–Crippen LogP) is 3.68. The Labute approximate surface area is 128 Å². The van der Waals surface area contributed by atoms with Gasteiger partial charge in [0, 0.05) is 6.07 Å². The van der Waals surface area contributed by atoms with E-state index in [4.69, 9.17) is 5.11 Å². The number of carbonyl (C=O) groups is 1. The highest BCUT2D eigenvalue weighted by molar-refractivity contribution is 9.10. The number of rotatable bonds is 4. The third kappa shape index (κ3) is 3.88. The number of benzene rings is 1. The van der Waals surface area contributed by atoms with Crippen LogP contribution in [0.5, 0.6) is 0 Å². The lowest BCUT2D eigenvalue weighted by Crippen LogP contribution is -2.18. The first-order valence-corrected chi connectivity index (χ1v) is 7.22. The molecule has 1 N–H and O–H groups in total. The molecule has 4 nitrogen and oxygen atoms in total. The number of carboxylic acid groups (broad SMARTS) is 1. The quantitative estimate of drug-likeness (QED) is 0.643. The Balaban J connectivity index is 2.54. The van der Waals surface area contributed by atoms with Crippen LogP contribution < -0.4 is 0 Å². The van der Waals surface area contributed by atoms with Crippen LogP contribution in [0.1, 0.15) is 0 Å². The molecule has 21 heavy (non-hydrogen) atoms. The van der Waals surface area contributed by atoms with Gasteiger partial charge in [0.05, 0.1) is 21.3 Å². The number of carboxylic acids is 1. The summed E-state index contributed by atoms with van der Waals surface area (Å²) in [6.45, 7) is -1.37. The standard InChI is InChI=1S/C11H7BrF4N2O2S/c12-5-1-7-8(2-6(5)13)18(4-11(14,15)16)10(17-7)21-3-9(19)20/h1-2H,3-4H2,(H,19,20). The minimum Gasteiger partial charge on any atom is -0.481 e. The second-order valence-corrected chi connectivity index (χ2v) is 5.83. The van der Waals surface area contributed by atoms with Crippen LogP contribution in [0.15, 0.2) is 21.8 Å². The van der Waals surface area contributed by atoms with Crippen LogP contribution in [-0.4, -0.2) is 32.6 Å². The van der Waals surface area contributed by atoms with Crippen molar-refractivity contribution in [1.82, 2.24) is 9.55 Å². The Morgan fingerprint density at radius 2 is 2.10 bits per heavy atom. The van der Waals surface area contributed by atoms with E-state index in [0.29, 0.717) is 11.8 Å². The normalized spacial score (nSPS) is 12.0. The number of fused-ring (bicyclic) bond motifs is 1. The molecular formula is C11H7BrF4N2O2S. The Hall–Kier alpha value is -1.29. The Morgan fingerprint density at radius 1 is 1.43 bits per heavy atom. The highest BCUT2D eigenvalue weighted by atomic mass is 79.9. The maximum Gasteiger partial charge on any atom is 0.406 e. The van der Waals surface area contributed by atoms with E-state index in [0.717, 1.165) is 10.6 Å². The van der Waals surface area contributed by atoms with Gasteiger partial charge in [0.15, 0.2) is 5.16 Å². The average Bonchev–Trinajstić information content (AvgIpc) is 2.63. The Bertz CT molecular complexity index is 702. The van der Waals surface area contributed by atoms with E-state index in [2.05, 4.69) is 20.9 Å². The number of hydrogen-bond donors (Lipinski definition) is 1. The second kappa shape index (κ2) is 5.84. The minimum absolute atomic E-state index is 0.0408. The highest BCUT2D eigenvalue weighted by Gasteiger charge is 2.30. The molecule has 0 saturated carbocycles. The summed E-state index contributed by atoms with van der Waals surface area (Å²) in [4.78, 5) is 14.5. The van der Waals surface area contributed by atoms with Gasteiger partial charge in [-0.05, 0) is 22.0 Å². The summed E-state index contributed by atoms with van der Waals surface area (Å²) in [5, 5.41) is 8.49. The average molecular weight is 387 g/mol. The lowest BCUT2D eigenvalue weighted by Gasteiger charge is -2.11. The summed E-state index contributed by atoms with van der Waals surface area (Å²) in [7, 11) is 0. The van der Waals surface area contributed by atoms with Crippen molar-refractivity contribution in [2.75, 3.05) is 5.75 Å². The zero-order chi connectivity index (χ0) is 15.8. The van der Waals surface area contributed by atoms with Crippen LogP contribution in [0.3, 0.4) is 0 Å². The van der Waals surface area contributed by atoms with Crippen molar-refractivity contribution < 1.29 is 27.5 Å². The third-order valence-electron chi connectivity index (χ3n) is 2.42. The molecular weight excluding hydrogens is 380 g/mol. The predicted molar refractivity (Wildman–Crippen MR) is 71.8 cm³/mol. The highest BCUT2D eigenvalue weighted by Crippen LogP contribution is 2.31. The molecule has 1 heterocycles. The summed E-state index contributed by atoms with van der Waals surface area (Å²) < 4.78 is 52.2. The lowest BCUT2D eigenvalue weighted by molar-refractivity contribution is -0.141. The fourth-order valence-corrected chi connectivity index (χ4v) is 2.73. The van der Waals surface area contributed by atoms with E-state index >= 15 is 0 Å². The van der Waals surface area contributed by atoms with Crippen LogP contribution >= 0.6 is 27.7 Å². The molecule has 2 aromatic rings. The van der Waals surface area contributed by atoms with Crippen molar-refractivity contribution in [2.24, 2.45) is 0 Å². The first-order chi connectivity index (χ1) is 9.67. The summed E-state index contributed by atoms with van der Waals surface area (Å²) in [5.41, 5.74) is 0.112. The molecule has 1 aromatic carbocycles. The number of nitrogens with zero attached hydrogens (tertiary/aromatic N) is 2. The zero-order valence-electron chi connectivity index (χ0n) is 10.1. The summed E-state index contributed by atoms with van der Waals surface area (Å²) in [5.74, 6) is -2.34. The summed E-state index contributed by atoms with van der Waals surface area (Å²) in [6.07, 6.45) is -4.53. The molecule has 0 atom stereocenters. The number of halogens is 5. The van der Waals surface area contributed by atoms with Gasteiger partial charge in [0.1, 0.15) is 12.4 Å². The van der Waals surface area contributed by atoms with Crippen molar-refractivity contribution >= 4 is 44.7 Å². The van der Waals surface area contributed by atoms with Gasteiger partial charge in [-0.2, -0.15) is 13.2 Å². The minimum atomic E-state index is -4.53. The van der Waals surface area contributed by atoms with Crippen LogP contribution in [0.4, 0.5) is 17.6 Å². The number of alkyl halides is 3. The summed E-state index contributed by atoms with van der Waals surface area (Å²) >= 11 is 3.57. The number of aromatic nitrogens is 2. The molecule has 0 radical (unpaired) electrons. The maximum absolute atomic E-state index is 13.5. The van der Waals surface area contributed by atoms with Crippen molar-refractivity contribution in [3.63, 3.8) is 0 Å². The SMILES string of the molecule is O=C(O)CSc1nc2cc(Br)c(F)cc2n1CC(F)(F)F. The van der Waals surface area contributed by atoms with Gasteiger partial charge in [-0.3, -0.25) is 4.79 Å². The molecule has 0 amide bonds. The number of hydrogen-bond acceptors (Lipinski definition) is 3.